The van der Waals surface area contributed by atoms with E-state index in [4.69, 9.17) is 14.2 Å². The zero-order valence-corrected chi connectivity index (χ0v) is 20.0. The number of aliphatic imine (C=N–C) groups is 1. The number of nitrogens with one attached hydrogen (secondary N) is 2. The highest BCUT2D eigenvalue weighted by molar-refractivity contribution is 14.0. The van der Waals surface area contributed by atoms with E-state index < -0.39 is 0 Å². The number of ether oxygens (including phenoxy) is 3. The fourth-order valence-corrected chi connectivity index (χ4v) is 3.20. The van der Waals surface area contributed by atoms with E-state index >= 15 is 0 Å². The van der Waals surface area contributed by atoms with Gasteiger partial charge in [0.1, 0.15) is 5.82 Å². The molecule has 1 aliphatic heterocycles. The lowest BCUT2D eigenvalue weighted by atomic mass is 10.2. The molecule has 8 nitrogen and oxygen atoms in total. The summed E-state index contributed by atoms with van der Waals surface area (Å²) in [7, 11) is 5.02. The van der Waals surface area contributed by atoms with E-state index in [2.05, 4.69) is 31.6 Å². The van der Waals surface area contributed by atoms with Gasteiger partial charge in [0.15, 0.2) is 17.5 Å². The third-order valence-electron chi connectivity index (χ3n) is 4.76. The molecular formula is C21H30IN5O3. The molecule has 0 amide bonds. The second-order valence-corrected chi connectivity index (χ2v) is 6.55. The van der Waals surface area contributed by atoms with Crippen LogP contribution in [-0.2, 0) is 17.8 Å². The molecule has 2 aromatic rings. The number of nitrogens with zero attached hydrogens (tertiary/aromatic N) is 3. The van der Waals surface area contributed by atoms with Crippen LogP contribution < -0.4 is 25.0 Å². The number of methoxy groups -OCH3 is 2. The molecule has 3 rings (SSSR count). The van der Waals surface area contributed by atoms with Crippen LogP contribution in [0.1, 0.15) is 11.1 Å². The van der Waals surface area contributed by atoms with E-state index in [9.17, 15) is 0 Å². The minimum absolute atomic E-state index is 0. The maximum absolute atomic E-state index is 5.45. The molecule has 0 unspecified atom stereocenters. The van der Waals surface area contributed by atoms with Gasteiger partial charge in [-0.25, -0.2) is 4.98 Å². The van der Waals surface area contributed by atoms with Crippen molar-refractivity contribution in [1.29, 1.82) is 0 Å². The lowest BCUT2D eigenvalue weighted by molar-refractivity contribution is 0.122. The molecule has 0 radical (unpaired) electrons. The number of anilines is 1. The predicted molar refractivity (Wildman–Crippen MR) is 129 cm³/mol. The molecule has 1 aromatic heterocycles. The maximum atomic E-state index is 5.45. The van der Waals surface area contributed by atoms with Crippen LogP contribution in [0.2, 0.25) is 0 Å². The van der Waals surface area contributed by atoms with Gasteiger partial charge in [0, 0.05) is 45.0 Å². The summed E-state index contributed by atoms with van der Waals surface area (Å²) in [5, 5.41) is 6.70. The van der Waals surface area contributed by atoms with Crippen molar-refractivity contribution in [3.8, 4) is 11.5 Å². The topological polar surface area (TPSA) is 80.2 Å². The van der Waals surface area contributed by atoms with Crippen LogP contribution in [0.3, 0.4) is 0 Å². The van der Waals surface area contributed by atoms with Crippen LogP contribution in [0.15, 0.2) is 41.5 Å². The van der Waals surface area contributed by atoms with Gasteiger partial charge in [0.2, 0.25) is 0 Å². The van der Waals surface area contributed by atoms with E-state index in [-0.39, 0.29) is 24.0 Å². The van der Waals surface area contributed by atoms with Crippen molar-refractivity contribution in [2.24, 2.45) is 4.99 Å². The molecule has 0 atom stereocenters. The number of pyridine rings is 1. The van der Waals surface area contributed by atoms with Crippen LogP contribution in [0.25, 0.3) is 0 Å². The lowest BCUT2D eigenvalue weighted by Crippen LogP contribution is -2.39. The summed E-state index contributed by atoms with van der Waals surface area (Å²) in [5.74, 6) is 3.14. The second-order valence-electron chi connectivity index (χ2n) is 6.55. The molecule has 0 saturated carbocycles. The van der Waals surface area contributed by atoms with Gasteiger partial charge in [-0.2, -0.15) is 0 Å². The lowest BCUT2D eigenvalue weighted by Gasteiger charge is -2.29. The van der Waals surface area contributed by atoms with Crippen molar-refractivity contribution in [2.45, 2.75) is 13.1 Å². The molecule has 1 saturated heterocycles. The van der Waals surface area contributed by atoms with E-state index in [0.717, 1.165) is 49.2 Å². The Bertz CT molecular complexity index is 828. The minimum Gasteiger partial charge on any atom is -0.493 e. The molecule has 164 valence electrons. The Labute approximate surface area is 195 Å². The maximum Gasteiger partial charge on any atom is 0.191 e. The first-order valence-electron chi connectivity index (χ1n) is 9.67. The Hall–Kier alpha value is -2.27. The monoisotopic (exact) mass is 527 g/mol. The SMILES string of the molecule is CN=C(NCc1ccc(OC)c(OC)c1)NCc1cccnc1N1CCOCC1.I. The van der Waals surface area contributed by atoms with Crippen molar-refractivity contribution in [1.82, 2.24) is 15.6 Å². The first-order chi connectivity index (χ1) is 14.2. The summed E-state index contributed by atoms with van der Waals surface area (Å²) in [6.45, 7) is 4.43. The van der Waals surface area contributed by atoms with E-state index in [0.29, 0.717) is 24.6 Å². The summed E-state index contributed by atoms with van der Waals surface area (Å²) in [6.07, 6.45) is 1.83. The number of guanidine groups is 1. The van der Waals surface area contributed by atoms with Gasteiger partial charge in [-0.15, -0.1) is 24.0 Å². The molecular weight excluding hydrogens is 497 g/mol. The van der Waals surface area contributed by atoms with E-state index in [1.54, 1.807) is 21.3 Å². The van der Waals surface area contributed by atoms with Gasteiger partial charge in [-0.1, -0.05) is 12.1 Å². The average Bonchev–Trinajstić information content (AvgIpc) is 2.79. The standard InChI is InChI=1S/C21H29N5O3.HI/c1-22-21(24-14-16-6-7-18(27-2)19(13-16)28-3)25-15-17-5-4-8-23-20(17)26-9-11-29-12-10-26;/h4-8,13H,9-12,14-15H2,1-3H3,(H2,22,24,25);1H. The summed E-state index contributed by atoms with van der Waals surface area (Å²) in [6, 6.07) is 9.90. The van der Waals surface area contributed by atoms with Gasteiger partial charge in [0.05, 0.1) is 27.4 Å². The smallest absolute Gasteiger partial charge is 0.191 e. The number of halogens is 1. The van der Waals surface area contributed by atoms with E-state index in [1.807, 2.05) is 30.5 Å². The molecule has 2 N–H and O–H groups in total. The summed E-state index contributed by atoms with van der Waals surface area (Å²) < 4.78 is 16.1. The third-order valence-corrected chi connectivity index (χ3v) is 4.76. The molecule has 1 aliphatic rings. The predicted octanol–water partition coefficient (Wildman–Crippen LogP) is 2.42. The zero-order valence-electron chi connectivity index (χ0n) is 17.7. The Morgan fingerprint density at radius 3 is 2.53 bits per heavy atom. The van der Waals surface area contributed by atoms with Gasteiger partial charge in [-0.05, 0) is 23.8 Å². The van der Waals surface area contributed by atoms with Crippen molar-refractivity contribution in [2.75, 3.05) is 52.5 Å². The fraction of sp³-hybridized carbons (Fsp3) is 0.429. The van der Waals surface area contributed by atoms with Crippen LogP contribution in [-0.4, -0.2) is 58.5 Å². The molecule has 0 bridgehead atoms. The molecule has 9 heteroatoms. The minimum atomic E-state index is 0. The molecule has 1 fully saturated rings. The Balaban J connectivity index is 0.00000320. The molecule has 30 heavy (non-hydrogen) atoms. The molecule has 0 aliphatic carbocycles. The first-order valence-corrected chi connectivity index (χ1v) is 9.67. The Morgan fingerprint density at radius 2 is 1.83 bits per heavy atom. The van der Waals surface area contributed by atoms with Crippen molar-refractivity contribution >= 4 is 35.8 Å². The first kappa shape index (κ1) is 24.0. The second kappa shape index (κ2) is 12.4. The van der Waals surface area contributed by atoms with Gasteiger partial charge < -0.3 is 29.7 Å². The van der Waals surface area contributed by atoms with Gasteiger partial charge in [-0.3, -0.25) is 4.99 Å². The number of hydrogen-bond acceptors (Lipinski definition) is 6. The highest BCUT2D eigenvalue weighted by Gasteiger charge is 2.16. The highest BCUT2D eigenvalue weighted by Crippen LogP contribution is 2.27. The zero-order chi connectivity index (χ0) is 20.5. The van der Waals surface area contributed by atoms with Crippen LogP contribution in [0.4, 0.5) is 5.82 Å². The largest absolute Gasteiger partial charge is 0.493 e. The van der Waals surface area contributed by atoms with Crippen molar-refractivity contribution in [3.63, 3.8) is 0 Å². The number of aromatic nitrogens is 1. The fourth-order valence-electron chi connectivity index (χ4n) is 3.20. The molecule has 2 heterocycles. The number of morpholine rings is 1. The summed E-state index contributed by atoms with van der Waals surface area (Å²) in [5.41, 5.74) is 2.20. The highest BCUT2D eigenvalue weighted by atomic mass is 127. The van der Waals surface area contributed by atoms with Crippen molar-refractivity contribution in [3.05, 3.63) is 47.7 Å². The molecule has 1 aromatic carbocycles. The number of hydrogen-bond donors (Lipinski definition) is 2. The van der Waals surface area contributed by atoms with E-state index in [1.165, 1.54) is 0 Å². The number of rotatable bonds is 7. The summed E-state index contributed by atoms with van der Waals surface area (Å²) >= 11 is 0. The number of benzene rings is 1. The van der Waals surface area contributed by atoms with Gasteiger partial charge in [0.25, 0.3) is 0 Å². The Kier molecular flexibility index (Phi) is 9.95. The summed E-state index contributed by atoms with van der Waals surface area (Å²) in [4.78, 5) is 11.2. The van der Waals surface area contributed by atoms with Crippen LogP contribution >= 0.6 is 24.0 Å². The normalized spacial score (nSPS) is 14.0. The third kappa shape index (κ3) is 6.36. The van der Waals surface area contributed by atoms with Gasteiger partial charge >= 0.3 is 0 Å². The van der Waals surface area contributed by atoms with Crippen molar-refractivity contribution < 1.29 is 14.2 Å². The average molecular weight is 527 g/mol. The van der Waals surface area contributed by atoms with Crippen LogP contribution in [0.5, 0.6) is 11.5 Å². The van der Waals surface area contributed by atoms with Crippen LogP contribution in [0, 0.1) is 0 Å². The quantitative estimate of drug-likeness (QED) is 0.325. The Morgan fingerprint density at radius 1 is 1.10 bits per heavy atom. The molecule has 0 spiro atoms.